The Hall–Kier alpha value is -1.39. The van der Waals surface area contributed by atoms with Crippen molar-refractivity contribution in [3.05, 3.63) is 35.4 Å². The molecule has 0 aliphatic carbocycles. The number of rotatable bonds is 2. The minimum atomic E-state index is -0.463. The molecule has 1 saturated heterocycles. The average Bonchev–Trinajstić information content (AvgIpc) is 2.40. The van der Waals surface area contributed by atoms with E-state index in [1.165, 1.54) is 5.56 Å². The SMILES string of the molecule is Cc1ccc(C2(C(=O)NN)CCN(C)CC2)cc1. The van der Waals surface area contributed by atoms with Crippen LogP contribution in [-0.4, -0.2) is 30.9 Å². The second-order valence-corrected chi connectivity index (χ2v) is 5.22. The predicted octanol–water partition coefficient (Wildman–Crippen LogP) is 0.948. The summed E-state index contributed by atoms with van der Waals surface area (Å²) in [5.74, 6) is 5.31. The van der Waals surface area contributed by atoms with Gasteiger partial charge in [-0.25, -0.2) is 5.84 Å². The number of nitrogens with zero attached hydrogens (tertiary/aromatic N) is 1. The number of amides is 1. The zero-order valence-corrected chi connectivity index (χ0v) is 11.1. The standard InChI is InChI=1S/C14H21N3O/c1-11-3-5-12(6-4-11)14(13(18)16-15)7-9-17(2)10-8-14/h3-6H,7-10,15H2,1-2H3,(H,16,18). The third kappa shape index (κ3) is 2.26. The molecule has 0 spiro atoms. The highest BCUT2D eigenvalue weighted by atomic mass is 16.2. The van der Waals surface area contributed by atoms with Crippen molar-refractivity contribution in [2.75, 3.05) is 20.1 Å². The third-order valence-corrected chi connectivity index (χ3v) is 4.01. The molecule has 1 aromatic carbocycles. The van der Waals surface area contributed by atoms with Crippen LogP contribution in [0.2, 0.25) is 0 Å². The van der Waals surface area contributed by atoms with Crippen LogP contribution in [-0.2, 0) is 10.2 Å². The fraction of sp³-hybridized carbons (Fsp3) is 0.500. The highest BCUT2D eigenvalue weighted by molar-refractivity contribution is 5.88. The first-order valence-electron chi connectivity index (χ1n) is 6.35. The molecule has 1 aliphatic heterocycles. The Labute approximate surface area is 108 Å². The number of piperidine rings is 1. The van der Waals surface area contributed by atoms with Gasteiger partial charge in [0.25, 0.3) is 0 Å². The molecular formula is C14H21N3O. The van der Waals surface area contributed by atoms with Crippen LogP contribution < -0.4 is 11.3 Å². The highest BCUT2D eigenvalue weighted by Crippen LogP contribution is 2.35. The number of likely N-dealkylation sites (tertiary alicyclic amines) is 1. The Kier molecular flexibility index (Phi) is 3.68. The van der Waals surface area contributed by atoms with Gasteiger partial charge in [0.15, 0.2) is 0 Å². The third-order valence-electron chi connectivity index (χ3n) is 4.01. The minimum Gasteiger partial charge on any atom is -0.306 e. The van der Waals surface area contributed by atoms with E-state index in [0.717, 1.165) is 31.5 Å². The predicted molar refractivity (Wildman–Crippen MR) is 71.9 cm³/mol. The number of benzene rings is 1. The number of carbonyl (C=O) groups excluding carboxylic acids is 1. The summed E-state index contributed by atoms with van der Waals surface area (Å²) in [4.78, 5) is 14.5. The van der Waals surface area contributed by atoms with E-state index in [2.05, 4.69) is 41.6 Å². The summed E-state index contributed by atoms with van der Waals surface area (Å²) in [7, 11) is 2.08. The van der Waals surface area contributed by atoms with E-state index in [1.54, 1.807) is 0 Å². The maximum atomic E-state index is 12.2. The van der Waals surface area contributed by atoms with Gasteiger partial charge < -0.3 is 4.90 Å². The first kappa shape index (κ1) is 13.1. The number of hydrazine groups is 1. The fourth-order valence-electron chi connectivity index (χ4n) is 2.66. The van der Waals surface area contributed by atoms with E-state index in [4.69, 9.17) is 5.84 Å². The Morgan fingerprint density at radius 1 is 1.28 bits per heavy atom. The van der Waals surface area contributed by atoms with E-state index in [0.29, 0.717) is 0 Å². The molecule has 2 rings (SSSR count). The second-order valence-electron chi connectivity index (χ2n) is 5.22. The lowest BCUT2D eigenvalue weighted by Gasteiger charge is -2.39. The van der Waals surface area contributed by atoms with Crippen LogP contribution in [0.3, 0.4) is 0 Å². The summed E-state index contributed by atoms with van der Waals surface area (Å²) in [6, 6.07) is 8.21. The van der Waals surface area contributed by atoms with Gasteiger partial charge in [0, 0.05) is 0 Å². The maximum Gasteiger partial charge on any atom is 0.244 e. The Bertz CT molecular complexity index is 419. The van der Waals surface area contributed by atoms with Crippen molar-refractivity contribution in [1.29, 1.82) is 0 Å². The van der Waals surface area contributed by atoms with E-state index < -0.39 is 5.41 Å². The number of hydrogen-bond acceptors (Lipinski definition) is 3. The molecule has 0 saturated carbocycles. The lowest BCUT2D eigenvalue weighted by Crippen LogP contribution is -2.52. The first-order chi connectivity index (χ1) is 8.58. The van der Waals surface area contributed by atoms with Crippen molar-refractivity contribution in [3.8, 4) is 0 Å². The quantitative estimate of drug-likeness (QED) is 0.465. The zero-order chi connectivity index (χ0) is 13.2. The lowest BCUT2D eigenvalue weighted by molar-refractivity contribution is -0.128. The smallest absolute Gasteiger partial charge is 0.244 e. The summed E-state index contributed by atoms with van der Waals surface area (Å²) in [5.41, 5.74) is 4.16. The number of hydrogen-bond donors (Lipinski definition) is 2. The van der Waals surface area contributed by atoms with Gasteiger partial charge in [-0.15, -0.1) is 0 Å². The van der Waals surface area contributed by atoms with Crippen LogP contribution in [0.5, 0.6) is 0 Å². The molecule has 0 atom stereocenters. The van der Waals surface area contributed by atoms with Crippen LogP contribution in [0.4, 0.5) is 0 Å². The van der Waals surface area contributed by atoms with Crippen LogP contribution in [0.1, 0.15) is 24.0 Å². The molecule has 1 heterocycles. The number of nitrogens with two attached hydrogens (primary N) is 1. The molecule has 0 radical (unpaired) electrons. The van der Waals surface area contributed by atoms with E-state index in [1.807, 2.05) is 6.92 Å². The first-order valence-corrected chi connectivity index (χ1v) is 6.35. The fourth-order valence-corrected chi connectivity index (χ4v) is 2.66. The molecule has 0 unspecified atom stereocenters. The second kappa shape index (κ2) is 5.08. The topological polar surface area (TPSA) is 58.4 Å². The van der Waals surface area contributed by atoms with E-state index in [-0.39, 0.29) is 5.91 Å². The number of nitrogens with one attached hydrogen (secondary N) is 1. The molecule has 1 fully saturated rings. The lowest BCUT2D eigenvalue weighted by atomic mass is 9.72. The molecule has 1 amide bonds. The molecule has 4 nitrogen and oxygen atoms in total. The van der Waals surface area contributed by atoms with Gasteiger partial charge >= 0.3 is 0 Å². The minimum absolute atomic E-state index is 0.0700. The van der Waals surface area contributed by atoms with Gasteiger partial charge in [-0.1, -0.05) is 29.8 Å². The van der Waals surface area contributed by atoms with Gasteiger partial charge in [-0.05, 0) is 45.5 Å². The van der Waals surface area contributed by atoms with Crippen molar-refractivity contribution in [1.82, 2.24) is 10.3 Å². The zero-order valence-electron chi connectivity index (χ0n) is 11.1. The van der Waals surface area contributed by atoms with Crippen molar-refractivity contribution >= 4 is 5.91 Å². The molecule has 0 bridgehead atoms. The van der Waals surface area contributed by atoms with Crippen molar-refractivity contribution in [3.63, 3.8) is 0 Å². The van der Waals surface area contributed by atoms with Gasteiger partial charge in [0.1, 0.15) is 0 Å². The highest BCUT2D eigenvalue weighted by Gasteiger charge is 2.41. The molecule has 18 heavy (non-hydrogen) atoms. The van der Waals surface area contributed by atoms with Crippen molar-refractivity contribution < 1.29 is 4.79 Å². The van der Waals surface area contributed by atoms with Crippen LogP contribution in [0.25, 0.3) is 0 Å². The number of aryl methyl sites for hydroxylation is 1. The van der Waals surface area contributed by atoms with Crippen LogP contribution in [0.15, 0.2) is 24.3 Å². The summed E-state index contributed by atoms with van der Waals surface area (Å²) < 4.78 is 0. The number of carbonyl (C=O) groups is 1. The van der Waals surface area contributed by atoms with Crippen LogP contribution in [0, 0.1) is 6.92 Å². The molecule has 0 aromatic heterocycles. The largest absolute Gasteiger partial charge is 0.306 e. The summed E-state index contributed by atoms with van der Waals surface area (Å²) in [6.45, 7) is 3.89. The van der Waals surface area contributed by atoms with Gasteiger partial charge in [-0.3, -0.25) is 10.2 Å². The normalized spacial score (nSPS) is 19.5. The van der Waals surface area contributed by atoms with Crippen molar-refractivity contribution in [2.45, 2.75) is 25.2 Å². The molecule has 1 aromatic rings. The van der Waals surface area contributed by atoms with Crippen molar-refractivity contribution in [2.24, 2.45) is 5.84 Å². The van der Waals surface area contributed by atoms with Gasteiger partial charge in [0.2, 0.25) is 5.91 Å². The summed E-state index contributed by atoms with van der Waals surface area (Å²) in [5, 5.41) is 0. The van der Waals surface area contributed by atoms with E-state index in [9.17, 15) is 4.79 Å². The van der Waals surface area contributed by atoms with Gasteiger partial charge in [0.05, 0.1) is 5.41 Å². The van der Waals surface area contributed by atoms with E-state index >= 15 is 0 Å². The molecule has 98 valence electrons. The average molecular weight is 247 g/mol. The monoisotopic (exact) mass is 247 g/mol. The van der Waals surface area contributed by atoms with Gasteiger partial charge in [-0.2, -0.15) is 0 Å². The Morgan fingerprint density at radius 3 is 2.33 bits per heavy atom. The molecule has 1 aliphatic rings. The molecule has 4 heteroatoms. The Morgan fingerprint density at radius 2 is 1.83 bits per heavy atom. The van der Waals surface area contributed by atoms with Crippen LogP contribution >= 0.6 is 0 Å². The summed E-state index contributed by atoms with van der Waals surface area (Å²) in [6.07, 6.45) is 1.63. The maximum absolute atomic E-state index is 12.2. The molecular weight excluding hydrogens is 226 g/mol. The Balaban J connectivity index is 2.36. The summed E-state index contributed by atoms with van der Waals surface area (Å²) >= 11 is 0. The molecule has 3 N–H and O–H groups in total.